The van der Waals surface area contributed by atoms with Crippen LogP contribution in [0.2, 0.25) is 0 Å². The van der Waals surface area contributed by atoms with Crippen molar-refractivity contribution in [2.75, 3.05) is 0 Å². The number of para-hydroxylation sites is 1. The first kappa shape index (κ1) is 8.58. The molecule has 0 aliphatic heterocycles. The van der Waals surface area contributed by atoms with E-state index >= 15 is 0 Å². The molecule has 0 saturated carbocycles. The lowest BCUT2D eigenvalue weighted by Crippen LogP contribution is -1.90. The topological polar surface area (TPSA) is 28.7 Å². The van der Waals surface area contributed by atoms with Crippen molar-refractivity contribution in [3.63, 3.8) is 0 Å². The number of nitrogens with zero attached hydrogens (tertiary/aromatic N) is 2. The van der Waals surface area contributed by atoms with E-state index < -0.39 is 0 Å². The lowest BCUT2D eigenvalue weighted by molar-refractivity contribution is 0.864. The van der Waals surface area contributed by atoms with Crippen molar-refractivity contribution >= 4 is 10.9 Å². The summed E-state index contributed by atoms with van der Waals surface area (Å²) >= 11 is 0. The van der Waals surface area contributed by atoms with Crippen molar-refractivity contribution in [3.8, 4) is 6.07 Å². The number of hydrogen-bond donors (Lipinski definition) is 0. The van der Waals surface area contributed by atoms with E-state index in [0.29, 0.717) is 0 Å². The third-order valence-electron chi connectivity index (χ3n) is 2.23. The monoisotopic (exact) mass is 182 g/mol. The molecule has 1 aromatic heterocycles. The van der Waals surface area contributed by atoms with Gasteiger partial charge in [0.05, 0.1) is 5.56 Å². The fourth-order valence-electron chi connectivity index (χ4n) is 1.63. The summed E-state index contributed by atoms with van der Waals surface area (Å²) < 4.78 is 2.03. The molecule has 0 radical (unpaired) electrons. The maximum absolute atomic E-state index is 8.93. The Bertz CT molecular complexity index is 515. The van der Waals surface area contributed by atoms with E-state index in [1.54, 1.807) is 0 Å². The molecule has 0 aliphatic carbocycles. The summed E-state index contributed by atoms with van der Waals surface area (Å²) in [6, 6.07) is 10.1. The highest BCUT2D eigenvalue weighted by molar-refractivity contribution is 5.86. The largest absolute Gasteiger partial charge is 0.342 e. The van der Waals surface area contributed by atoms with Gasteiger partial charge in [-0.05, 0) is 6.07 Å². The molecule has 2 aromatic rings. The van der Waals surface area contributed by atoms with Crippen LogP contribution < -0.4 is 0 Å². The van der Waals surface area contributed by atoms with E-state index in [0.717, 1.165) is 23.0 Å². The Hall–Kier alpha value is -2.01. The maximum Gasteiger partial charge on any atom is 0.101 e. The number of nitriles is 1. The first-order valence-corrected chi connectivity index (χ1v) is 4.45. The van der Waals surface area contributed by atoms with E-state index in [-0.39, 0.29) is 0 Å². The van der Waals surface area contributed by atoms with Gasteiger partial charge in [0, 0.05) is 23.6 Å². The van der Waals surface area contributed by atoms with Crippen LogP contribution in [0.1, 0.15) is 5.56 Å². The van der Waals surface area contributed by atoms with Crippen LogP contribution in [0.15, 0.2) is 43.1 Å². The summed E-state index contributed by atoms with van der Waals surface area (Å²) in [4.78, 5) is 0. The minimum Gasteiger partial charge on any atom is -0.342 e. The molecule has 0 atom stereocenters. The molecule has 0 amide bonds. The summed E-state index contributed by atoms with van der Waals surface area (Å²) in [5.41, 5.74) is 1.81. The van der Waals surface area contributed by atoms with E-state index in [2.05, 4.69) is 12.6 Å². The molecule has 2 nitrogen and oxygen atoms in total. The predicted molar refractivity (Wildman–Crippen MR) is 56.9 cm³/mol. The number of benzene rings is 1. The van der Waals surface area contributed by atoms with Gasteiger partial charge >= 0.3 is 0 Å². The number of allylic oxidation sites excluding steroid dienone is 1. The fraction of sp³-hybridized carbons (Fsp3) is 0.0833. The third-order valence-corrected chi connectivity index (χ3v) is 2.23. The van der Waals surface area contributed by atoms with E-state index in [1.165, 1.54) is 0 Å². The van der Waals surface area contributed by atoms with Crippen molar-refractivity contribution in [1.29, 1.82) is 5.26 Å². The Morgan fingerprint density at radius 3 is 2.93 bits per heavy atom. The Morgan fingerprint density at radius 2 is 2.21 bits per heavy atom. The molecular formula is C12H10N2. The van der Waals surface area contributed by atoms with Gasteiger partial charge in [-0.2, -0.15) is 5.26 Å². The van der Waals surface area contributed by atoms with Crippen LogP contribution in [0.25, 0.3) is 10.9 Å². The van der Waals surface area contributed by atoms with Crippen molar-refractivity contribution in [3.05, 3.63) is 48.7 Å². The highest BCUT2D eigenvalue weighted by atomic mass is 14.9. The summed E-state index contributed by atoms with van der Waals surface area (Å²) in [6.45, 7) is 4.43. The van der Waals surface area contributed by atoms with E-state index in [9.17, 15) is 0 Å². The fourth-order valence-corrected chi connectivity index (χ4v) is 1.63. The lowest BCUT2D eigenvalue weighted by atomic mass is 10.2. The predicted octanol–water partition coefficient (Wildman–Crippen LogP) is 2.70. The molecule has 2 heteroatoms. The van der Waals surface area contributed by atoms with Gasteiger partial charge < -0.3 is 4.57 Å². The van der Waals surface area contributed by atoms with Gasteiger partial charge in [0.25, 0.3) is 0 Å². The quantitative estimate of drug-likeness (QED) is 0.656. The first-order valence-electron chi connectivity index (χ1n) is 4.45. The second kappa shape index (κ2) is 3.39. The van der Waals surface area contributed by atoms with Crippen LogP contribution in [0, 0.1) is 11.3 Å². The van der Waals surface area contributed by atoms with Crippen molar-refractivity contribution in [1.82, 2.24) is 4.57 Å². The Kier molecular flexibility index (Phi) is 2.08. The molecule has 0 unspecified atom stereocenters. The van der Waals surface area contributed by atoms with Crippen LogP contribution >= 0.6 is 0 Å². The minimum atomic E-state index is 0.724. The van der Waals surface area contributed by atoms with E-state index in [1.807, 2.05) is 41.1 Å². The van der Waals surface area contributed by atoms with Gasteiger partial charge in [0.1, 0.15) is 6.07 Å². The molecule has 1 aromatic carbocycles. The Morgan fingerprint density at radius 1 is 1.43 bits per heavy atom. The second-order valence-corrected chi connectivity index (χ2v) is 3.11. The number of hydrogen-bond acceptors (Lipinski definition) is 1. The molecule has 1 heterocycles. The molecule has 14 heavy (non-hydrogen) atoms. The average Bonchev–Trinajstić information content (AvgIpc) is 2.58. The molecule has 0 aliphatic rings. The zero-order chi connectivity index (χ0) is 9.97. The van der Waals surface area contributed by atoms with Crippen LogP contribution in [-0.4, -0.2) is 4.57 Å². The van der Waals surface area contributed by atoms with Crippen LogP contribution in [-0.2, 0) is 6.54 Å². The number of rotatable bonds is 2. The molecule has 68 valence electrons. The van der Waals surface area contributed by atoms with Gasteiger partial charge in [0.2, 0.25) is 0 Å². The summed E-state index contributed by atoms with van der Waals surface area (Å²) in [5, 5.41) is 9.94. The second-order valence-electron chi connectivity index (χ2n) is 3.11. The van der Waals surface area contributed by atoms with Crippen molar-refractivity contribution in [2.45, 2.75) is 6.54 Å². The smallest absolute Gasteiger partial charge is 0.101 e. The van der Waals surface area contributed by atoms with Crippen LogP contribution in [0.5, 0.6) is 0 Å². The summed E-state index contributed by atoms with van der Waals surface area (Å²) in [6.07, 6.45) is 3.69. The van der Waals surface area contributed by atoms with Crippen LogP contribution in [0.4, 0.5) is 0 Å². The summed E-state index contributed by atoms with van der Waals surface area (Å²) in [5.74, 6) is 0. The zero-order valence-electron chi connectivity index (χ0n) is 7.77. The van der Waals surface area contributed by atoms with E-state index in [4.69, 9.17) is 5.26 Å². The van der Waals surface area contributed by atoms with Gasteiger partial charge in [-0.1, -0.05) is 24.3 Å². The summed E-state index contributed by atoms with van der Waals surface area (Å²) in [7, 11) is 0. The molecule has 0 spiro atoms. The van der Waals surface area contributed by atoms with Crippen molar-refractivity contribution in [2.24, 2.45) is 0 Å². The minimum absolute atomic E-state index is 0.724. The van der Waals surface area contributed by atoms with Crippen LogP contribution in [0.3, 0.4) is 0 Å². The SMILES string of the molecule is C=CCn1cc(C#N)c2ccccc21. The van der Waals surface area contributed by atoms with Gasteiger partial charge in [-0.25, -0.2) is 0 Å². The lowest BCUT2D eigenvalue weighted by Gasteiger charge is -1.98. The normalized spacial score (nSPS) is 9.93. The van der Waals surface area contributed by atoms with Gasteiger partial charge in [0.15, 0.2) is 0 Å². The molecule has 0 N–H and O–H groups in total. The molecule has 0 fully saturated rings. The standard InChI is InChI=1S/C12H10N2/c1-2-7-14-9-10(8-13)11-5-3-4-6-12(11)14/h2-6,9H,1,7H2. The van der Waals surface area contributed by atoms with Crippen molar-refractivity contribution < 1.29 is 0 Å². The average molecular weight is 182 g/mol. The Balaban J connectivity index is 2.74. The number of fused-ring (bicyclic) bond motifs is 1. The van der Waals surface area contributed by atoms with Gasteiger partial charge in [-0.3, -0.25) is 0 Å². The maximum atomic E-state index is 8.93. The first-order chi connectivity index (χ1) is 6.86. The molecular weight excluding hydrogens is 172 g/mol. The highest BCUT2D eigenvalue weighted by Gasteiger charge is 2.05. The third kappa shape index (κ3) is 1.20. The van der Waals surface area contributed by atoms with Gasteiger partial charge in [-0.15, -0.1) is 6.58 Å². The zero-order valence-corrected chi connectivity index (χ0v) is 7.77. The Labute approximate surface area is 82.7 Å². The molecule has 0 bridgehead atoms. The molecule has 2 rings (SSSR count). The molecule has 0 saturated heterocycles. The number of aromatic nitrogens is 1. The highest BCUT2D eigenvalue weighted by Crippen LogP contribution is 2.20.